The molecule has 6 nitrogen and oxygen atoms in total. The van der Waals surface area contributed by atoms with Crippen LogP contribution < -0.4 is 5.32 Å². The van der Waals surface area contributed by atoms with E-state index in [4.69, 9.17) is 4.74 Å². The summed E-state index contributed by atoms with van der Waals surface area (Å²) < 4.78 is 5.27. The first-order valence-electron chi connectivity index (χ1n) is 8.85. The summed E-state index contributed by atoms with van der Waals surface area (Å²) in [5.41, 5.74) is 1.88. The van der Waals surface area contributed by atoms with Crippen molar-refractivity contribution < 1.29 is 19.1 Å². The van der Waals surface area contributed by atoms with Crippen LogP contribution in [0, 0.1) is 13.8 Å². The number of hydrogen-bond acceptors (Lipinski definition) is 5. The van der Waals surface area contributed by atoms with E-state index >= 15 is 0 Å². The van der Waals surface area contributed by atoms with Crippen molar-refractivity contribution in [3.8, 4) is 0 Å². The predicted octanol–water partition coefficient (Wildman–Crippen LogP) is 2.80. The highest BCUT2D eigenvalue weighted by molar-refractivity contribution is 6.03. The van der Waals surface area contributed by atoms with E-state index < -0.39 is 11.5 Å². The summed E-state index contributed by atoms with van der Waals surface area (Å²) in [6.07, 6.45) is 2.43. The first-order valence-corrected chi connectivity index (χ1v) is 8.85. The van der Waals surface area contributed by atoms with Gasteiger partial charge in [-0.3, -0.25) is 14.6 Å². The smallest absolute Gasteiger partial charge is 0.332 e. The zero-order valence-corrected chi connectivity index (χ0v) is 15.5. The number of esters is 1. The Morgan fingerprint density at radius 1 is 1.33 bits per heavy atom. The number of benzene rings is 1. The molecule has 1 aliphatic heterocycles. The van der Waals surface area contributed by atoms with Gasteiger partial charge < -0.3 is 10.1 Å². The average molecular weight is 366 g/mol. The van der Waals surface area contributed by atoms with Gasteiger partial charge in [-0.25, -0.2) is 4.79 Å². The quantitative estimate of drug-likeness (QED) is 0.483. The fourth-order valence-corrected chi connectivity index (χ4v) is 3.38. The number of nitrogens with zero attached hydrogens (tertiary/aromatic N) is 1. The van der Waals surface area contributed by atoms with Crippen LogP contribution in [-0.2, 0) is 14.3 Å². The van der Waals surface area contributed by atoms with E-state index in [0.717, 1.165) is 22.2 Å². The Balaban J connectivity index is 1.75. The molecule has 1 aliphatic rings. The molecule has 0 aliphatic carbocycles. The van der Waals surface area contributed by atoms with E-state index in [2.05, 4.69) is 16.9 Å². The van der Waals surface area contributed by atoms with Gasteiger partial charge in [0, 0.05) is 23.1 Å². The Labute approximate surface area is 157 Å². The van der Waals surface area contributed by atoms with Gasteiger partial charge in [-0.15, -0.1) is 6.58 Å². The maximum Gasteiger partial charge on any atom is 0.332 e. The molecule has 27 heavy (non-hydrogen) atoms. The topological polar surface area (TPSA) is 85.4 Å². The van der Waals surface area contributed by atoms with Crippen molar-refractivity contribution in [2.24, 2.45) is 0 Å². The molecule has 1 N–H and O–H groups in total. The normalized spacial score (nSPS) is 19.0. The highest BCUT2D eigenvalue weighted by atomic mass is 16.5. The second-order valence-electron chi connectivity index (χ2n) is 6.93. The van der Waals surface area contributed by atoms with Crippen molar-refractivity contribution in [1.82, 2.24) is 10.3 Å². The minimum absolute atomic E-state index is 0.201. The molecule has 0 spiro atoms. The molecular formula is C21H22N2O4. The molecule has 1 saturated heterocycles. The lowest BCUT2D eigenvalue weighted by molar-refractivity contribution is -0.150. The highest BCUT2D eigenvalue weighted by Gasteiger charge is 2.45. The molecule has 0 bridgehead atoms. The number of pyridine rings is 1. The third-order valence-electron chi connectivity index (χ3n) is 4.85. The van der Waals surface area contributed by atoms with Crippen LogP contribution in [-0.4, -0.2) is 34.8 Å². The van der Waals surface area contributed by atoms with Gasteiger partial charge in [-0.05, 0) is 50.5 Å². The summed E-state index contributed by atoms with van der Waals surface area (Å²) in [4.78, 5) is 41.2. The van der Waals surface area contributed by atoms with Crippen LogP contribution in [0.3, 0.4) is 0 Å². The molecule has 0 saturated carbocycles. The minimum Gasteiger partial charge on any atom is -0.456 e. The zero-order chi connectivity index (χ0) is 19.6. The van der Waals surface area contributed by atoms with E-state index in [0.29, 0.717) is 12.0 Å². The fraction of sp³-hybridized carbons (Fsp3) is 0.333. The molecule has 2 aromatic rings. The molecule has 1 fully saturated rings. The third-order valence-corrected chi connectivity index (χ3v) is 4.85. The summed E-state index contributed by atoms with van der Waals surface area (Å²) in [6, 6.07) is 7.42. The van der Waals surface area contributed by atoms with Crippen LogP contribution in [0.15, 0.2) is 36.9 Å². The molecular weight excluding hydrogens is 344 g/mol. The predicted molar refractivity (Wildman–Crippen MR) is 101 cm³/mol. The first-order chi connectivity index (χ1) is 12.8. The summed E-state index contributed by atoms with van der Waals surface area (Å²) in [5.74, 6) is -1.09. The van der Waals surface area contributed by atoms with Gasteiger partial charge in [0.1, 0.15) is 5.54 Å². The zero-order valence-electron chi connectivity index (χ0n) is 15.5. The van der Waals surface area contributed by atoms with E-state index in [-0.39, 0.29) is 31.1 Å². The number of carbonyl (C=O) groups excluding carboxylic acids is 3. The number of hydrogen-bond donors (Lipinski definition) is 1. The standard InChI is InChI=1S/C21H22N2O4/c1-4-8-21(9-7-19(25)23-21)20(26)27-12-18(24)16-11-15-6-5-14(3)22-17(15)10-13(16)2/h4-6,10-11H,1,7-9,12H2,2-3H3,(H,23,25)/t21-/m1/s1. The molecule has 6 heteroatoms. The van der Waals surface area contributed by atoms with E-state index in [1.54, 1.807) is 12.1 Å². The van der Waals surface area contributed by atoms with Gasteiger partial charge >= 0.3 is 5.97 Å². The Kier molecular flexibility index (Phi) is 5.08. The van der Waals surface area contributed by atoms with Crippen molar-refractivity contribution in [3.63, 3.8) is 0 Å². The SMILES string of the molecule is C=CC[C@]1(C(=O)OCC(=O)c2cc3ccc(C)nc3cc2C)CCC(=O)N1. The van der Waals surface area contributed by atoms with E-state index in [9.17, 15) is 14.4 Å². The Morgan fingerprint density at radius 3 is 2.78 bits per heavy atom. The second-order valence-corrected chi connectivity index (χ2v) is 6.93. The molecule has 1 atom stereocenters. The minimum atomic E-state index is -1.11. The molecule has 2 heterocycles. The van der Waals surface area contributed by atoms with Crippen molar-refractivity contribution in [2.75, 3.05) is 6.61 Å². The van der Waals surface area contributed by atoms with Crippen molar-refractivity contribution in [1.29, 1.82) is 0 Å². The maximum atomic E-state index is 12.6. The molecule has 0 unspecified atom stereocenters. The molecule has 3 rings (SSSR count). The van der Waals surface area contributed by atoms with Crippen LogP contribution in [0.2, 0.25) is 0 Å². The largest absolute Gasteiger partial charge is 0.456 e. The van der Waals surface area contributed by atoms with Crippen LogP contribution >= 0.6 is 0 Å². The summed E-state index contributed by atoms with van der Waals surface area (Å²) >= 11 is 0. The number of aromatic nitrogens is 1. The molecule has 1 aromatic carbocycles. The molecule has 1 amide bonds. The summed E-state index contributed by atoms with van der Waals surface area (Å²) in [6.45, 7) is 7.00. The van der Waals surface area contributed by atoms with Crippen molar-refractivity contribution in [2.45, 2.75) is 38.6 Å². The highest BCUT2D eigenvalue weighted by Crippen LogP contribution is 2.26. The Bertz CT molecular complexity index is 951. The van der Waals surface area contributed by atoms with E-state index in [1.165, 1.54) is 0 Å². The number of rotatable bonds is 6. The number of ether oxygens (including phenoxy) is 1. The number of carbonyl (C=O) groups is 3. The van der Waals surface area contributed by atoms with Crippen molar-refractivity contribution >= 4 is 28.6 Å². The number of fused-ring (bicyclic) bond motifs is 1. The third kappa shape index (κ3) is 3.74. The summed E-state index contributed by atoms with van der Waals surface area (Å²) in [5, 5.41) is 3.52. The van der Waals surface area contributed by atoms with Gasteiger partial charge in [0.15, 0.2) is 6.61 Å². The number of aryl methyl sites for hydroxylation is 2. The Morgan fingerprint density at radius 2 is 2.11 bits per heavy atom. The monoisotopic (exact) mass is 366 g/mol. The second kappa shape index (κ2) is 7.31. The van der Waals surface area contributed by atoms with Crippen LogP contribution in [0.5, 0.6) is 0 Å². The lowest BCUT2D eigenvalue weighted by atomic mass is 9.93. The van der Waals surface area contributed by atoms with Crippen molar-refractivity contribution in [3.05, 3.63) is 53.7 Å². The number of amides is 1. The van der Waals surface area contributed by atoms with Gasteiger partial charge in [-0.1, -0.05) is 12.1 Å². The number of Topliss-reactive ketones (excluding diaryl/α,β-unsaturated/α-hetero) is 1. The maximum absolute atomic E-state index is 12.6. The lowest BCUT2D eigenvalue weighted by Crippen LogP contribution is -2.49. The van der Waals surface area contributed by atoms with Gasteiger partial charge in [0.05, 0.1) is 5.52 Å². The molecule has 140 valence electrons. The first kappa shape index (κ1) is 18.8. The van der Waals surface area contributed by atoms with Gasteiger partial charge in [0.2, 0.25) is 11.7 Å². The molecule has 1 aromatic heterocycles. The van der Waals surface area contributed by atoms with Gasteiger partial charge in [0.25, 0.3) is 0 Å². The van der Waals surface area contributed by atoms with Crippen LogP contribution in [0.25, 0.3) is 10.9 Å². The number of ketones is 1. The Hall–Kier alpha value is -3.02. The van der Waals surface area contributed by atoms with Crippen LogP contribution in [0.1, 0.15) is 40.9 Å². The fourth-order valence-electron chi connectivity index (χ4n) is 3.38. The van der Waals surface area contributed by atoms with Gasteiger partial charge in [-0.2, -0.15) is 0 Å². The molecule has 0 radical (unpaired) electrons. The van der Waals surface area contributed by atoms with E-state index in [1.807, 2.05) is 32.0 Å². The van der Waals surface area contributed by atoms with Crippen LogP contribution in [0.4, 0.5) is 0 Å². The lowest BCUT2D eigenvalue weighted by Gasteiger charge is -2.25. The average Bonchev–Trinajstić information content (AvgIpc) is 3.01. The summed E-state index contributed by atoms with van der Waals surface area (Å²) in [7, 11) is 0. The number of nitrogens with one attached hydrogen (secondary N) is 1.